The molecule has 0 N–H and O–H groups in total. The number of aromatic nitrogens is 3. The summed E-state index contributed by atoms with van der Waals surface area (Å²) in [4.78, 5) is 13.6. The lowest BCUT2D eigenvalue weighted by molar-refractivity contribution is 0.0953. The van der Waals surface area contributed by atoms with Gasteiger partial charge in [0.05, 0.1) is 12.7 Å². The Morgan fingerprint density at radius 1 is 1.26 bits per heavy atom. The minimum Gasteiger partial charge on any atom is -0.487 e. The predicted octanol–water partition coefficient (Wildman–Crippen LogP) is 1.15. The van der Waals surface area contributed by atoms with Gasteiger partial charge in [-0.3, -0.25) is 14.8 Å². The van der Waals surface area contributed by atoms with Gasteiger partial charge in [0.25, 0.3) is 0 Å². The van der Waals surface area contributed by atoms with Crippen molar-refractivity contribution in [2.75, 3.05) is 26.2 Å². The molecule has 2 aliphatic heterocycles. The second-order valence-electron chi connectivity index (χ2n) is 6.50. The molecular weight excluding hydrogens is 290 g/mol. The molecule has 6 heteroatoms. The predicted molar refractivity (Wildman–Crippen MR) is 87.1 cm³/mol. The fourth-order valence-corrected chi connectivity index (χ4v) is 3.65. The van der Waals surface area contributed by atoms with Crippen molar-refractivity contribution in [3.63, 3.8) is 0 Å². The fourth-order valence-electron chi connectivity index (χ4n) is 3.65. The lowest BCUT2D eigenvalue weighted by atomic mass is 10.1. The van der Waals surface area contributed by atoms with E-state index in [-0.39, 0.29) is 6.10 Å². The third kappa shape index (κ3) is 3.23. The second kappa shape index (κ2) is 6.29. The van der Waals surface area contributed by atoms with E-state index < -0.39 is 0 Å². The van der Waals surface area contributed by atoms with Gasteiger partial charge in [0.1, 0.15) is 17.7 Å². The van der Waals surface area contributed by atoms with Crippen LogP contribution in [0.2, 0.25) is 0 Å². The van der Waals surface area contributed by atoms with Crippen molar-refractivity contribution in [1.29, 1.82) is 0 Å². The number of rotatable bonds is 4. The van der Waals surface area contributed by atoms with E-state index in [0.29, 0.717) is 6.04 Å². The first-order valence-electron chi connectivity index (χ1n) is 8.27. The Labute approximate surface area is 136 Å². The van der Waals surface area contributed by atoms with Crippen molar-refractivity contribution in [1.82, 2.24) is 24.3 Å². The smallest absolute Gasteiger partial charge is 0.138 e. The second-order valence-corrected chi connectivity index (χ2v) is 6.50. The maximum atomic E-state index is 6.09. The summed E-state index contributed by atoms with van der Waals surface area (Å²) in [7, 11) is 2.06. The zero-order valence-electron chi connectivity index (χ0n) is 13.5. The van der Waals surface area contributed by atoms with Gasteiger partial charge >= 0.3 is 0 Å². The van der Waals surface area contributed by atoms with Gasteiger partial charge < -0.3 is 9.30 Å². The van der Waals surface area contributed by atoms with E-state index in [9.17, 15) is 0 Å². The van der Waals surface area contributed by atoms with Crippen LogP contribution >= 0.6 is 0 Å². The van der Waals surface area contributed by atoms with Crippen molar-refractivity contribution < 1.29 is 4.74 Å². The highest BCUT2D eigenvalue weighted by molar-refractivity contribution is 5.16. The topological polar surface area (TPSA) is 46.4 Å². The molecule has 0 bridgehead atoms. The first-order chi connectivity index (χ1) is 11.3. The van der Waals surface area contributed by atoms with Crippen molar-refractivity contribution in [3.05, 3.63) is 42.7 Å². The Morgan fingerprint density at radius 3 is 3.00 bits per heavy atom. The molecule has 2 aromatic rings. The van der Waals surface area contributed by atoms with Gasteiger partial charge in [-0.15, -0.1) is 0 Å². The number of pyridine rings is 1. The Kier molecular flexibility index (Phi) is 4.01. The van der Waals surface area contributed by atoms with Gasteiger partial charge in [0.15, 0.2) is 0 Å². The summed E-state index contributed by atoms with van der Waals surface area (Å²) < 4.78 is 8.19. The summed E-state index contributed by atoms with van der Waals surface area (Å²) in [5, 5.41) is 0. The minimum atomic E-state index is 0.275. The van der Waals surface area contributed by atoms with E-state index in [1.54, 1.807) is 12.4 Å². The van der Waals surface area contributed by atoms with E-state index in [4.69, 9.17) is 4.74 Å². The molecule has 0 unspecified atom stereocenters. The molecule has 0 amide bonds. The summed E-state index contributed by atoms with van der Waals surface area (Å²) in [5.41, 5.74) is 0. The highest BCUT2D eigenvalue weighted by atomic mass is 16.5. The number of hydrogen-bond acceptors (Lipinski definition) is 5. The van der Waals surface area contributed by atoms with Crippen molar-refractivity contribution in [2.45, 2.75) is 25.1 Å². The number of ether oxygens (including phenoxy) is 1. The molecule has 0 aliphatic carbocycles. The maximum absolute atomic E-state index is 6.09. The van der Waals surface area contributed by atoms with Gasteiger partial charge in [-0.2, -0.15) is 0 Å². The largest absolute Gasteiger partial charge is 0.487 e. The molecule has 0 aromatic carbocycles. The molecule has 2 aliphatic rings. The normalized spacial score (nSPS) is 25.4. The molecule has 2 fully saturated rings. The van der Waals surface area contributed by atoms with Crippen LogP contribution in [0, 0.1) is 0 Å². The average molecular weight is 313 g/mol. The molecule has 2 saturated heterocycles. The number of piperazine rings is 1. The van der Waals surface area contributed by atoms with Gasteiger partial charge in [0, 0.05) is 64.3 Å². The van der Waals surface area contributed by atoms with Gasteiger partial charge in [-0.1, -0.05) is 0 Å². The molecule has 122 valence electrons. The first kappa shape index (κ1) is 14.7. The minimum absolute atomic E-state index is 0.275. The molecule has 4 rings (SSSR count). The van der Waals surface area contributed by atoms with Gasteiger partial charge in [-0.05, 0) is 12.1 Å². The monoisotopic (exact) mass is 313 g/mol. The van der Waals surface area contributed by atoms with Gasteiger partial charge in [0.2, 0.25) is 0 Å². The summed E-state index contributed by atoms with van der Waals surface area (Å²) in [6.07, 6.45) is 8.83. The summed E-state index contributed by atoms with van der Waals surface area (Å²) in [6.45, 7) is 5.27. The highest BCUT2D eigenvalue weighted by Gasteiger charge is 2.37. The maximum Gasteiger partial charge on any atom is 0.138 e. The van der Waals surface area contributed by atoms with E-state index in [1.165, 1.54) is 0 Å². The summed E-state index contributed by atoms with van der Waals surface area (Å²) >= 11 is 0. The Balaban J connectivity index is 1.34. The van der Waals surface area contributed by atoms with Crippen LogP contribution in [0.4, 0.5) is 0 Å². The van der Waals surface area contributed by atoms with Crippen LogP contribution in [0.25, 0.3) is 0 Å². The molecule has 23 heavy (non-hydrogen) atoms. The number of imidazole rings is 1. The van der Waals surface area contributed by atoms with E-state index in [0.717, 1.165) is 50.7 Å². The standard InChI is InChI=1S/C17H23N5O/c1-20-6-5-19-17(20)13-21-7-8-22-12-16(9-14(22)11-21)23-15-3-2-4-18-10-15/h2-6,10,14,16H,7-9,11-13H2,1H3/t14-,16+/m0/s1. The zero-order chi connectivity index (χ0) is 15.6. The lowest BCUT2D eigenvalue weighted by Gasteiger charge is -2.36. The Bertz CT molecular complexity index is 643. The molecule has 2 atom stereocenters. The molecule has 6 nitrogen and oxygen atoms in total. The molecule has 0 saturated carbocycles. The third-order valence-electron chi connectivity index (χ3n) is 4.89. The quantitative estimate of drug-likeness (QED) is 0.847. The number of hydrogen-bond donors (Lipinski definition) is 0. The molecule has 0 radical (unpaired) electrons. The van der Waals surface area contributed by atoms with Crippen LogP contribution < -0.4 is 4.74 Å². The van der Waals surface area contributed by atoms with E-state index in [2.05, 4.69) is 31.4 Å². The molecule has 4 heterocycles. The van der Waals surface area contributed by atoms with Crippen molar-refractivity contribution in [3.8, 4) is 5.75 Å². The first-order valence-corrected chi connectivity index (χ1v) is 8.27. The van der Waals surface area contributed by atoms with Crippen LogP contribution in [0.1, 0.15) is 12.2 Å². The van der Waals surface area contributed by atoms with E-state index >= 15 is 0 Å². The van der Waals surface area contributed by atoms with Crippen LogP contribution in [-0.4, -0.2) is 62.7 Å². The molecule has 0 spiro atoms. The number of aryl methyl sites for hydroxylation is 1. The number of fused-ring (bicyclic) bond motifs is 1. The Morgan fingerprint density at radius 2 is 2.22 bits per heavy atom. The molecular formula is C17H23N5O. The summed E-state index contributed by atoms with van der Waals surface area (Å²) in [5.74, 6) is 2.02. The lowest BCUT2D eigenvalue weighted by Crippen LogP contribution is -2.49. The van der Waals surface area contributed by atoms with Crippen molar-refractivity contribution in [2.24, 2.45) is 7.05 Å². The van der Waals surface area contributed by atoms with Crippen LogP contribution in [-0.2, 0) is 13.6 Å². The number of nitrogens with zero attached hydrogens (tertiary/aromatic N) is 5. The fraction of sp³-hybridized carbons (Fsp3) is 0.529. The average Bonchev–Trinajstić information content (AvgIpc) is 3.14. The highest BCUT2D eigenvalue weighted by Crippen LogP contribution is 2.26. The molecule has 2 aromatic heterocycles. The van der Waals surface area contributed by atoms with E-state index in [1.807, 2.05) is 24.5 Å². The SMILES string of the molecule is Cn1ccnc1CN1CCN2C[C@H](Oc3cccnc3)C[C@H]2C1. The third-order valence-corrected chi connectivity index (χ3v) is 4.89. The Hall–Kier alpha value is -1.92. The van der Waals surface area contributed by atoms with Crippen LogP contribution in [0.15, 0.2) is 36.9 Å². The zero-order valence-corrected chi connectivity index (χ0v) is 13.5. The van der Waals surface area contributed by atoms with Crippen LogP contribution in [0.5, 0.6) is 5.75 Å². The van der Waals surface area contributed by atoms with Crippen LogP contribution in [0.3, 0.4) is 0 Å². The van der Waals surface area contributed by atoms with Crippen molar-refractivity contribution >= 4 is 0 Å². The van der Waals surface area contributed by atoms with Gasteiger partial charge in [-0.25, -0.2) is 4.98 Å². The summed E-state index contributed by atoms with van der Waals surface area (Å²) in [6, 6.07) is 4.50.